The number of nitrogens with one attached hydrogen (secondary N) is 1. The van der Waals surface area contributed by atoms with Crippen LogP contribution in [0.25, 0.3) is 0 Å². The first-order valence-electron chi connectivity index (χ1n) is 6.22. The predicted molar refractivity (Wildman–Crippen MR) is 67.0 cm³/mol. The highest BCUT2D eigenvalue weighted by Gasteiger charge is 2.24. The summed E-state index contributed by atoms with van der Waals surface area (Å²) in [5, 5.41) is 2.89. The summed E-state index contributed by atoms with van der Waals surface area (Å²) in [6, 6.07) is 4.71. The second kappa shape index (κ2) is 5.48. The fourth-order valence-corrected chi connectivity index (χ4v) is 2.15. The Balaban J connectivity index is 2.07. The van der Waals surface area contributed by atoms with E-state index in [0.717, 1.165) is 12.0 Å². The predicted octanol–water partition coefficient (Wildman–Crippen LogP) is 2.29. The molecule has 1 heterocycles. The normalized spacial score (nSPS) is 23.7. The lowest BCUT2D eigenvalue weighted by molar-refractivity contribution is 0.0374. The van der Waals surface area contributed by atoms with Crippen LogP contribution >= 0.6 is 0 Å². The molecule has 2 unspecified atom stereocenters. The van der Waals surface area contributed by atoms with Gasteiger partial charge in [-0.3, -0.25) is 4.79 Å². The molecule has 0 saturated carbocycles. The molecule has 1 N–H and O–H groups in total. The van der Waals surface area contributed by atoms with Crippen LogP contribution in [-0.4, -0.2) is 25.2 Å². The molecule has 0 aromatic heterocycles. The fourth-order valence-electron chi connectivity index (χ4n) is 2.15. The monoisotopic (exact) mass is 251 g/mol. The number of hydrogen-bond donors (Lipinski definition) is 1. The molecule has 1 fully saturated rings. The Morgan fingerprint density at radius 2 is 2.28 bits per heavy atom. The summed E-state index contributed by atoms with van der Waals surface area (Å²) in [4.78, 5) is 12.0. The van der Waals surface area contributed by atoms with Crippen molar-refractivity contribution < 1.29 is 13.9 Å². The zero-order valence-electron chi connectivity index (χ0n) is 10.7. The van der Waals surface area contributed by atoms with Crippen molar-refractivity contribution in [3.63, 3.8) is 0 Å². The lowest BCUT2D eigenvalue weighted by atomic mass is 9.97. The molecule has 18 heavy (non-hydrogen) atoms. The van der Waals surface area contributed by atoms with Gasteiger partial charge in [0.1, 0.15) is 5.82 Å². The van der Waals surface area contributed by atoms with Crippen LogP contribution in [-0.2, 0) is 4.74 Å². The fraction of sp³-hybridized carbons (Fsp3) is 0.500. The Labute approximate surface area is 106 Å². The smallest absolute Gasteiger partial charge is 0.254 e. The molecule has 1 saturated heterocycles. The quantitative estimate of drug-likeness (QED) is 0.875. The summed E-state index contributed by atoms with van der Waals surface area (Å²) >= 11 is 0. The number of carbonyl (C=O) groups excluding carboxylic acids is 1. The first kappa shape index (κ1) is 13.0. The average molecular weight is 251 g/mol. The minimum absolute atomic E-state index is 0.0620. The summed E-state index contributed by atoms with van der Waals surface area (Å²) in [5.41, 5.74) is 0.919. The van der Waals surface area contributed by atoms with Crippen molar-refractivity contribution in [3.8, 4) is 0 Å². The molecule has 98 valence electrons. The van der Waals surface area contributed by atoms with Gasteiger partial charge in [0.2, 0.25) is 0 Å². The minimum Gasteiger partial charge on any atom is -0.381 e. The summed E-state index contributed by atoms with van der Waals surface area (Å²) in [5.74, 6) is -0.547. The highest BCUT2D eigenvalue weighted by Crippen LogP contribution is 2.16. The Kier molecular flexibility index (Phi) is 3.97. The third-order valence-corrected chi connectivity index (χ3v) is 3.33. The van der Waals surface area contributed by atoms with Crippen LogP contribution in [0, 0.1) is 18.7 Å². The molecule has 1 aromatic rings. The average Bonchev–Trinajstić information content (AvgIpc) is 2.32. The molecule has 0 bridgehead atoms. The summed E-state index contributed by atoms with van der Waals surface area (Å²) < 4.78 is 19.0. The van der Waals surface area contributed by atoms with E-state index in [1.807, 2.05) is 6.92 Å². The lowest BCUT2D eigenvalue weighted by Gasteiger charge is -2.29. The van der Waals surface area contributed by atoms with Gasteiger partial charge >= 0.3 is 0 Å². The van der Waals surface area contributed by atoms with Gasteiger partial charge in [0.15, 0.2) is 0 Å². The van der Waals surface area contributed by atoms with Gasteiger partial charge in [-0.1, -0.05) is 13.0 Å². The standard InChI is InChI=1S/C14H18FNO2/c1-9-3-4-11(12(15)7-9)14(17)16-13-5-6-18-8-10(13)2/h3-4,7,10,13H,5-6,8H2,1-2H3,(H,16,17). The zero-order chi connectivity index (χ0) is 13.1. The van der Waals surface area contributed by atoms with Gasteiger partial charge < -0.3 is 10.1 Å². The molecule has 0 aliphatic carbocycles. The van der Waals surface area contributed by atoms with Gasteiger partial charge in [-0.25, -0.2) is 4.39 Å². The Bertz CT molecular complexity index is 447. The van der Waals surface area contributed by atoms with E-state index in [0.29, 0.717) is 13.2 Å². The number of hydrogen-bond acceptors (Lipinski definition) is 2. The van der Waals surface area contributed by atoms with Crippen molar-refractivity contribution in [1.82, 2.24) is 5.32 Å². The molecule has 0 radical (unpaired) electrons. The molecular weight excluding hydrogens is 233 g/mol. The lowest BCUT2D eigenvalue weighted by Crippen LogP contribution is -2.44. The van der Waals surface area contributed by atoms with Crippen molar-refractivity contribution in [2.45, 2.75) is 26.3 Å². The zero-order valence-corrected chi connectivity index (χ0v) is 10.7. The van der Waals surface area contributed by atoms with Crippen LogP contribution in [0.5, 0.6) is 0 Å². The first-order chi connectivity index (χ1) is 8.58. The van der Waals surface area contributed by atoms with Gasteiger partial charge in [-0.05, 0) is 37.0 Å². The van der Waals surface area contributed by atoms with E-state index in [-0.39, 0.29) is 23.4 Å². The molecule has 4 heteroatoms. The van der Waals surface area contributed by atoms with Crippen LogP contribution in [0.15, 0.2) is 18.2 Å². The van der Waals surface area contributed by atoms with Crippen molar-refractivity contribution in [2.24, 2.45) is 5.92 Å². The molecular formula is C14H18FNO2. The van der Waals surface area contributed by atoms with E-state index in [9.17, 15) is 9.18 Å². The van der Waals surface area contributed by atoms with E-state index < -0.39 is 5.82 Å². The van der Waals surface area contributed by atoms with Crippen LogP contribution in [0.1, 0.15) is 29.3 Å². The molecule has 1 amide bonds. The van der Waals surface area contributed by atoms with Crippen molar-refractivity contribution in [2.75, 3.05) is 13.2 Å². The third-order valence-electron chi connectivity index (χ3n) is 3.33. The van der Waals surface area contributed by atoms with Gasteiger partial charge in [0, 0.05) is 12.6 Å². The number of aryl methyl sites for hydroxylation is 1. The summed E-state index contributed by atoms with van der Waals surface area (Å²) in [6.45, 7) is 5.11. The number of ether oxygens (including phenoxy) is 1. The highest BCUT2D eigenvalue weighted by molar-refractivity contribution is 5.94. The van der Waals surface area contributed by atoms with Crippen LogP contribution in [0.3, 0.4) is 0 Å². The van der Waals surface area contributed by atoms with Gasteiger partial charge in [-0.15, -0.1) is 0 Å². The van der Waals surface area contributed by atoms with Crippen molar-refractivity contribution >= 4 is 5.91 Å². The topological polar surface area (TPSA) is 38.3 Å². The van der Waals surface area contributed by atoms with E-state index in [4.69, 9.17) is 4.74 Å². The highest BCUT2D eigenvalue weighted by atomic mass is 19.1. The number of rotatable bonds is 2. The van der Waals surface area contributed by atoms with Crippen LogP contribution in [0.4, 0.5) is 4.39 Å². The molecule has 2 rings (SSSR count). The first-order valence-corrected chi connectivity index (χ1v) is 6.22. The Hall–Kier alpha value is -1.42. The molecule has 3 nitrogen and oxygen atoms in total. The summed E-state index contributed by atoms with van der Waals surface area (Å²) in [7, 11) is 0. The molecule has 1 aliphatic heterocycles. The van der Waals surface area contributed by atoms with E-state index in [1.54, 1.807) is 13.0 Å². The van der Waals surface area contributed by atoms with Gasteiger partial charge in [-0.2, -0.15) is 0 Å². The Morgan fingerprint density at radius 1 is 1.50 bits per heavy atom. The van der Waals surface area contributed by atoms with E-state index in [1.165, 1.54) is 12.1 Å². The molecule has 0 spiro atoms. The number of benzene rings is 1. The second-order valence-corrected chi connectivity index (χ2v) is 4.90. The van der Waals surface area contributed by atoms with Crippen LogP contribution < -0.4 is 5.32 Å². The molecule has 2 atom stereocenters. The van der Waals surface area contributed by atoms with E-state index in [2.05, 4.69) is 5.32 Å². The maximum Gasteiger partial charge on any atom is 0.254 e. The maximum absolute atomic E-state index is 13.7. The van der Waals surface area contributed by atoms with Crippen LogP contribution in [0.2, 0.25) is 0 Å². The number of carbonyl (C=O) groups is 1. The SMILES string of the molecule is Cc1ccc(C(=O)NC2CCOCC2C)c(F)c1. The van der Waals surface area contributed by atoms with Gasteiger partial charge in [0.25, 0.3) is 5.91 Å². The second-order valence-electron chi connectivity index (χ2n) is 4.90. The van der Waals surface area contributed by atoms with Gasteiger partial charge in [0.05, 0.1) is 12.2 Å². The summed E-state index contributed by atoms with van der Waals surface area (Å²) in [6.07, 6.45) is 0.778. The number of amides is 1. The number of halogens is 1. The van der Waals surface area contributed by atoms with Crippen molar-refractivity contribution in [1.29, 1.82) is 0 Å². The Morgan fingerprint density at radius 3 is 2.94 bits per heavy atom. The third kappa shape index (κ3) is 2.88. The van der Waals surface area contributed by atoms with E-state index >= 15 is 0 Å². The van der Waals surface area contributed by atoms with Crippen molar-refractivity contribution in [3.05, 3.63) is 35.1 Å². The molecule has 1 aliphatic rings. The molecule has 1 aromatic carbocycles. The minimum atomic E-state index is -0.466. The maximum atomic E-state index is 13.7. The largest absolute Gasteiger partial charge is 0.381 e.